The number of carboxylic acid groups (broad SMARTS) is 1. The summed E-state index contributed by atoms with van der Waals surface area (Å²) in [6, 6.07) is 5.90. The van der Waals surface area contributed by atoms with E-state index >= 15 is 0 Å². The summed E-state index contributed by atoms with van der Waals surface area (Å²) < 4.78 is 0. The molecule has 0 spiro atoms. The monoisotopic (exact) mass is 388 g/mol. The lowest BCUT2D eigenvalue weighted by Gasteiger charge is -2.17. The minimum absolute atomic E-state index is 0.386. The van der Waals surface area contributed by atoms with Crippen LogP contribution in [0.1, 0.15) is 103 Å². The molecule has 1 aliphatic rings. The molecule has 0 radical (unpaired) electrons. The van der Waals surface area contributed by atoms with E-state index in [1.54, 1.807) is 0 Å². The third kappa shape index (κ3) is 7.48. The first-order valence-corrected chi connectivity index (χ1v) is 11.3. The minimum atomic E-state index is -0.606. The van der Waals surface area contributed by atoms with E-state index in [-0.39, 0.29) is 5.41 Å². The van der Waals surface area contributed by atoms with Crippen LogP contribution in [-0.4, -0.2) is 16.2 Å². The molecule has 158 valence electrons. The van der Waals surface area contributed by atoms with Gasteiger partial charge in [0.25, 0.3) is 0 Å². The van der Waals surface area contributed by atoms with Gasteiger partial charge in [-0.05, 0) is 74.0 Å². The molecule has 1 fully saturated rings. The first kappa shape index (κ1) is 22.8. The van der Waals surface area contributed by atoms with Gasteiger partial charge in [-0.15, -0.1) is 0 Å². The molecule has 28 heavy (non-hydrogen) atoms. The zero-order valence-electron chi connectivity index (χ0n) is 18.2. The number of aryl methyl sites for hydroxylation is 1. The molecule has 1 saturated carbocycles. The largest absolute Gasteiger partial charge is 0.508 e. The number of aliphatic carboxylic acids is 1. The summed E-state index contributed by atoms with van der Waals surface area (Å²) in [5.74, 6) is -0.166. The minimum Gasteiger partial charge on any atom is -0.508 e. The van der Waals surface area contributed by atoms with Crippen molar-refractivity contribution in [3.8, 4) is 5.75 Å². The Kier molecular flexibility index (Phi) is 8.39. The number of hydrogen-bond acceptors (Lipinski definition) is 2. The predicted octanol–water partition coefficient (Wildman–Crippen LogP) is 6.90. The van der Waals surface area contributed by atoms with Gasteiger partial charge >= 0.3 is 5.97 Å². The van der Waals surface area contributed by atoms with E-state index in [0.717, 1.165) is 63.4 Å². The standard InChI is InChI=1S/C25H40O3/c1-24(2,3)16-9-5-4-8-14-21-20(13-11-15-22(21)26)12-7-6-10-17-25(18-19-25)23(27)28/h11,13,15,26H,4-10,12,14,16-19H2,1-3H3,(H,27,28). The van der Waals surface area contributed by atoms with Crippen molar-refractivity contribution in [2.24, 2.45) is 10.8 Å². The van der Waals surface area contributed by atoms with Gasteiger partial charge in [-0.25, -0.2) is 0 Å². The molecule has 1 aliphatic carbocycles. The van der Waals surface area contributed by atoms with Gasteiger partial charge in [0, 0.05) is 0 Å². The Balaban J connectivity index is 1.69. The second kappa shape index (κ2) is 10.3. The lowest BCUT2D eigenvalue weighted by atomic mass is 9.89. The zero-order valence-corrected chi connectivity index (χ0v) is 18.2. The van der Waals surface area contributed by atoms with E-state index in [2.05, 4.69) is 26.8 Å². The van der Waals surface area contributed by atoms with Gasteiger partial charge in [0.2, 0.25) is 0 Å². The van der Waals surface area contributed by atoms with E-state index in [9.17, 15) is 15.0 Å². The number of carboxylic acids is 1. The van der Waals surface area contributed by atoms with Crippen LogP contribution >= 0.6 is 0 Å². The zero-order chi connectivity index (χ0) is 20.6. The van der Waals surface area contributed by atoms with Crippen LogP contribution in [0.2, 0.25) is 0 Å². The third-order valence-corrected chi connectivity index (χ3v) is 6.26. The number of rotatable bonds is 13. The maximum atomic E-state index is 11.2. The molecule has 1 aromatic rings. The van der Waals surface area contributed by atoms with E-state index < -0.39 is 5.97 Å². The number of carbonyl (C=O) groups is 1. The molecule has 2 rings (SSSR count). The second-order valence-corrected chi connectivity index (χ2v) is 10.0. The normalized spacial score (nSPS) is 15.5. The third-order valence-electron chi connectivity index (χ3n) is 6.26. The number of benzene rings is 1. The Morgan fingerprint density at radius 3 is 2.25 bits per heavy atom. The van der Waals surface area contributed by atoms with E-state index in [4.69, 9.17) is 0 Å². The van der Waals surface area contributed by atoms with Crippen molar-refractivity contribution in [3.05, 3.63) is 29.3 Å². The van der Waals surface area contributed by atoms with E-state index in [1.165, 1.54) is 31.2 Å². The van der Waals surface area contributed by atoms with Crippen LogP contribution in [0, 0.1) is 10.8 Å². The van der Waals surface area contributed by atoms with Gasteiger partial charge in [-0.3, -0.25) is 4.79 Å². The molecule has 0 unspecified atom stereocenters. The molecule has 0 atom stereocenters. The Bertz CT molecular complexity index is 623. The summed E-state index contributed by atoms with van der Waals surface area (Å²) in [5.41, 5.74) is 2.44. The van der Waals surface area contributed by atoms with Crippen LogP contribution in [0.5, 0.6) is 5.75 Å². The van der Waals surface area contributed by atoms with Gasteiger partial charge in [0.1, 0.15) is 5.75 Å². The van der Waals surface area contributed by atoms with Crippen LogP contribution in [-0.2, 0) is 17.6 Å². The summed E-state index contributed by atoms with van der Waals surface area (Å²) in [6.45, 7) is 6.90. The number of phenols is 1. The van der Waals surface area contributed by atoms with Crippen molar-refractivity contribution < 1.29 is 15.0 Å². The highest BCUT2D eigenvalue weighted by Gasteiger charge is 2.49. The van der Waals surface area contributed by atoms with Crippen molar-refractivity contribution in [1.82, 2.24) is 0 Å². The van der Waals surface area contributed by atoms with Crippen LogP contribution in [0.4, 0.5) is 0 Å². The van der Waals surface area contributed by atoms with Crippen molar-refractivity contribution in [1.29, 1.82) is 0 Å². The number of unbranched alkanes of at least 4 members (excludes halogenated alkanes) is 5. The maximum absolute atomic E-state index is 11.2. The fraction of sp³-hybridized carbons (Fsp3) is 0.720. The Morgan fingerprint density at radius 1 is 0.964 bits per heavy atom. The van der Waals surface area contributed by atoms with Gasteiger partial charge in [-0.1, -0.05) is 65.0 Å². The summed E-state index contributed by atoms with van der Waals surface area (Å²) in [4.78, 5) is 11.2. The number of phenolic OH excluding ortho intramolecular Hbond substituents is 1. The lowest BCUT2D eigenvalue weighted by Crippen LogP contribution is -2.14. The molecule has 2 N–H and O–H groups in total. The smallest absolute Gasteiger partial charge is 0.309 e. The van der Waals surface area contributed by atoms with E-state index in [1.807, 2.05) is 12.1 Å². The fourth-order valence-electron chi connectivity index (χ4n) is 4.13. The molecule has 3 heteroatoms. The van der Waals surface area contributed by atoms with Crippen LogP contribution < -0.4 is 0 Å². The first-order valence-electron chi connectivity index (χ1n) is 11.3. The predicted molar refractivity (Wildman–Crippen MR) is 116 cm³/mol. The Morgan fingerprint density at radius 2 is 1.61 bits per heavy atom. The second-order valence-electron chi connectivity index (χ2n) is 10.0. The highest BCUT2D eigenvalue weighted by molar-refractivity contribution is 5.77. The summed E-state index contributed by atoms with van der Waals surface area (Å²) in [6.07, 6.45) is 13.8. The van der Waals surface area contributed by atoms with Gasteiger partial charge in [0.05, 0.1) is 5.41 Å². The average Bonchev–Trinajstić information content (AvgIpc) is 3.39. The summed E-state index contributed by atoms with van der Waals surface area (Å²) in [7, 11) is 0. The van der Waals surface area contributed by atoms with Crippen molar-refractivity contribution >= 4 is 5.97 Å². The molecule has 3 nitrogen and oxygen atoms in total. The maximum Gasteiger partial charge on any atom is 0.309 e. The van der Waals surface area contributed by atoms with Crippen molar-refractivity contribution in [2.45, 2.75) is 104 Å². The van der Waals surface area contributed by atoms with Gasteiger partial charge in [0.15, 0.2) is 0 Å². The molecular formula is C25H40O3. The molecule has 0 bridgehead atoms. The van der Waals surface area contributed by atoms with Crippen LogP contribution in [0.15, 0.2) is 18.2 Å². The number of hydrogen-bond donors (Lipinski definition) is 2. The average molecular weight is 389 g/mol. The topological polar surface area (TPSA) is 57.5 Å². The van der Waals surface area contributed by atoms with Gasteiger partial charge < -0.3 is 10.2 Å². The Hall–Kier alpha value is -1.51. The molecule has 0 amide bonds. The Labute approximate surface area is 171 Å². The fourth-order valence-corrected chi connectivity index (χ4v) is 4.13. The molecule has 0 saturated heterocycles. The molecular weight excluding hydrogens is 348 g/mol. The lowest BCUT2D eigenvalue weighted by molar-refractivity contribution is -0.143. The SMILES string of the molecule is CC(C)(C)CCCCCCc1c(O)cccc1CCCCCC1(C(=O)O)CC1. The molecule has 1 aromatic carbocycles. The van der Waals surface area contributed by atoms with E-state index in [0.29, 0.717) is 11.2 Å². The van der Waals surface area contributed by atoms with Crippen LogP contribution in [0.3, 0.4) is 0 Å². The molecule has 0 aliphatic heterocycles. The van der Waals surface area contributed by atoms with Crippen molar-refractivity contribution in [3.63, 3.8) is 0 Å². The first-order chi connectivity index (χ1) is 13.2. The number of aromatic hydroxyl groups is 1. The molecule has 0 aromatic heterocycles. The highest BCUT2D eigenvalue weighted by Crippen LogP contribution is 2.50. The van der Waals surface area contributed by atoms with Gasteiger partial charge in [-0.2, -0.15) is 0 Å². The molecule has 0 heterocycles. The summed E-state index contributed by atoms with van der Waals surface area (Å²) >= 11 is 0. The summed E-state index contributed by atoms with van der Waals surface area (Å²) in [5, 5.41) is 19.6. The quantitative estimate of drug-likeness (QED) is 0.361. The highest BCUT2D eigenvalue weighted by atomic mass is 16.4. The van der Waals surface area contributed by atoms with Crippen LogP contribution in [0.25, 0.3) is 0 Å². The van der Waals surface area contributed by atoms with Crippen molar-refractivity contribution in [2.75, 3.05) is 0 Å².